The van der Waals surface area contributed by atoms with Crippen LogP contribution in [0.5, 0.6) is 0 Å². The molecule has 0 saturated carbocycles. The summed E-state index contributed by atoms with van der Waals surface area (Å²) in [5.41, 5.74) is 4.78. The summed E-state index contributed by atoms with van der Waals surface area (Å²) in [6.45, 7) is 2.65. The van der Waals surface area contributed by atoms with Crippen molar-refractivity contribution in [2.75, 3.05) is 39.5 Å². The number of carbonyl (C=O) groups excluding carboxylic acids is 3. The number of nitrogens with zero attached hydrogens (tertiary/aromatic N) is 3. The Balaban J connectivity index is 5.03. The van der Waals surface area contributed by atoms with Gasteiger partial charge in [-0.3, -0.25) is 0 Å². The van der Waals surface area contributed by atoms with E-state index in [1.807, 2.05) is 23.2 Å². The van der Waals surface area contributed by atoms with Crippen LogP contribution in [0.4, 0.5) is 0 Å². The van der Waals surface area contributed by atoms with Gasteiger partial charge in [0.1, 0.15) is 0 Å². The van der Waals surface area contributed by atoms with Crippen LogP contribution in [-0.4, -0.2) is 57.4 Å². The zero-order valence-corrected chi connectivity index (χ0v) is 26.8. The predicted molar refractivity (Wildman–Crippen MR) is 111 cm³/mol. The molecule has 33 heavy (non-hydrogen) atoms. The van der Waals surface area contributed by atoms with Crippen LogP contribution in [0.2, 0.25) is 16.3 Å². The summed E-state index contributed by atoms with van der Waals surface area (Å²) in [5.74, 6) is -1.30. The number of hydrogen-bond acceptors (Lipinski definition) is 9. The van der Waals surface area contributed by atoms with E-state index >= 15 is 0 Å². The molecule has 0 rings (SSSR count). The SMILES string of the molecule is CCC(COC(=O)CC[N]=[Ir]([CH3])[NH2])(COC(=O)CC[N]=[Ir]([CH3])[NH2])COC(=O)CC[N]=[Ir]([CH3])[NH2]. The van der Waals surface area contributed by atoms with Crippen LogP contribution in [0.3, 0.4) is 0 Å². The van der Waals surface area contributed by atoms with Crippen molar-refractivity contribution in [3.63, 3.8) is 0 Å². The number of ether oxygens (including phenoxy) is 3. The Bertz CT molecular complexity index is 642. The van der Waals surface area contributed by atoms with Gasteiger partial charge in [0.15, 0.2) is 0 Å². The van der Waals surface area contributed by atoms with Gasteiger partial charge < -0.3 is 0 Å². The van der Waals surface area contributed by atoms with Crippen LogP contribution in [-0.2, 0) is 78.2 Å². The molecule has 0 saturated heterocycles. The molecule has 0 aliphatic rings. The van der Waals surface area contributed by atoms with Crippen molar-refractivity contribution in [2.45, 2.75) is 48.9 Å². The van der Waals surface area contributed by atoms with Gasteiger partial charge in [-0.15, -0.1) is 0 Å². The Morgan fingerprint density at radius 2 is 0.939 bits per heavy atom. The van der Waals surface area contributed by atoms with Gasteiger partial charge in [0, 0.05) is 0 Å². The topological polar surface area (TPSA) is 194 Å². The monoisotopic (exact) mass is 1010 g/mol. The fraction of sp³-hybridized carbons (Fsp3) is 0.833. The summed E-state index contributed by atoms with van der Waals surface area (Å²) < 4.78 is 46.0. The molecule has 12 nitrogen and oxygen atoms in total. The van der Waals surface area contributed by atoms with Gasteiger partial charge in [-0.2, -0.15) is 0 Å². The van der Waals surface area contributed by atoms with E-state index in [1.54, 1.807) is 0 Å². The molecule has 6 N–H and O–H groups in total. The first kappa shape index (κ1) is 32.6. The molecule has 0 amide bonds. The minimum absolute atomic E-state index is 0.0577. The molecule has 15 heteroatoms. The van der Waals surface area contributed by atoms with Crippen LogP contribution in [0, 0.1) is 5.41 Å². The summed E-state index contributed by atoms with van der Waals surface area (Å²) in [4.78, 5) is 36.3. The first-order chi connectivity index (χ1) is 15.5. The molecule has 0 bridgehead atoms. The first-order valence-electron chi connectivity index (χ1n) is 9.75. The molecule has 0 aromatic carbocycles. The second-order valence-electron chi connectivity index (χ2n) is 6.86. The van der Waals surface area contributed by atoms with Crippen molar-refractivity contribution in [1.82, 2.24) is 0 Å². The zero-order valence-electron chi connectivity index (χ0n) is 19.6. The quantitative estimate of drug-likeness (QED) is 0.151. The van der Waals surface area contributed by atoms with E-state index in [2.05, 4.69) is 10.8 Å². The van der Waals surface area contributed by atoms with Crippen molar-refractivity contribution in [1.29, 1.82) is 0 Å². The molecule has 0 atom stereocenters. The second-order valence-corrected chi connectivity index (χ2v) is 18.3. The van der Waals surface area contributed by atoms with E-state index in [-0.39, 0.29) is 39.1 Å². The van der Waals surface area contributed by atoms with Crippen LogP contribution < -0.4 is 13.2 Å². The third kappa shape index (κ3) is 18.6. The van der Waals surface area contributed by atoms with Crippen molar-refractivity contribution in [2.24, 2.45) is 29.5 Å². The molecule has 0 fully saturated rings. The molecule has 0 aliphatic carbocycles. The fourth-order valence-electron chi connectivity index (χ4n) is 2.09. The summed E-state index contributed by atoms with van der Waals surface area (Å²) >= 11 is -5.51. The number of hydrogen-bond donors (Lipinski definition) is 3. The zero-order chi connectivity index (χ0) is 25.3. The normalized spacial score (nSPS) is 17.7. The summed E-state index contributed by atoms with van der Waals surface area (Å²) in [7, 11) is 0. The first-order valence-corrected chi connectivity index (χ1v) is 24.3. The van der Waals surface area contributed by atoms with Gasteiger partial charge in [0.05, 0.1) is 0 Å². The molecule has 0 radical (unpaired) electrons. The fourth-order valence-corrected chi connectivity index (χ4v) is 5.42. The molecule has 0 aromatic heterocycles. The number of esters is 3. The summed E-state index contributed by atoms with van der Waals surface area (Å²) in [6, 6.07) is 0. The van der Waals surface area contributed by atoms with Crippen molar-refractivity contribution < 1.29 is 78.2 Å². The third-order valence-electron chi connectivity index (χ3n) is 4.04. The van der Waals surface area contributed by atoms with Crippen molar-refractivity contribution in [3.8, 4) is 0 Å². The predicted octanol–water partition coefficient (Wildman–Crippen LogP) is 1.35. The van der Waals surface area contributed by atoms with Crippen molar-refractivity contribution >= 4 is 17.9 Å². The van der Waals surface area contributed by atoms with Gasteiger partial charge >= 0.3 is 214 Å². The molecule has 0 aliphatic heterocycles. The average Bonchev–Trinajstić information content (AvgIpc) is 2.72. The molecule has 0 unspecified atom stereocenters. The Morgan fingerprint density at radius 1 is 0.667 bits per heavy atom. The van der Waals surface area contributed by atoms with E-state index in [0.717, 1.165) is 0 Å². The number of rotatable bonds is 16. The second kappa shape index (κ2) is 18.9. The van der Waals surface area contributed by atoms with Crippen LogP contribution in [0.1, 0.15) is 32.6 Å². The molecular weight excluding hydrogens is 973 g/mol. The maximum atomic E-state index is 12.1. The van der Waals surface area contributed by atoms with Gasteiger partial charge in [-0.25, -0.2) is 0 Å². The average molecular weight is 1010 g/mol. The standard InChI is InChI=1S/C15H23N3O6.3CH3.3Ir.3H2N/c1-2-15(9-22-12(19)3-6-16,10-23-13(20)4-7-17)11-24-14(21)5-8-18;;;;;;;;;/h2-11H2,1H3;3*1H3;;;;3*1H2/q;;;;3*+1;3*-1. The Hall–Kier alpha value is -0.362. The molecule has 203 valence electrons. The molecule has 0 heterocycles. The molecular formula is C18H38Ir3N6O6. The van der Waals surface area contributed by atoms with Gasteiger partial charge in [-0.1, -0.05) is 0 Å². The van der Waals surface area contributed by atoms with E-state index in [4.69, 9.17) is 27.4 Å². The summed E-state index contributed by atoms with van der Waals surface area (Å²) in [6.07, 6.45) is 0.811. The minimum atomic E-state index is -1.84. The van der Waals surface area contributed by atoms with Crippen LogP contribution in [0.15, 0.2) is 10.8 Å². The van der Waals surface area contributed by atoms with Gasteiger partial charge in [-0.05, 0) is 0 Å². The number of carbonyl (C=O) groups is 3. The third-order valence-corrected chi connectivity index (χ3v) is 9.23. The van der Waals surface area contributed by atoms with E-state index in [0.29, 0.717) is 26.1 Å². The van der Waals surface area contributed by atoms with Gasteiger partial charge in [0.25, 0.3) is 0 Å². The number of nitrogens with two attached hydrogens (primary N) is 3. The van der Waals surface area contributed by atoms with E-state index < -0.39 is 73.0 Å². The Morgan fingerprint density at radius 3 is 1.15 bits per heavy atom. The Kier molecular flexibility index (Phi) is 18.7. The Labute approximate surface area is 212 Å². The van der Waals surface area contributed by atoms with Gasteiger partial charge in [0.2, 0.25) is 0 Å². The van der Waals surface area contributed by atoms with Crippen LogP contribution >= 0.6 is 0 Å². The van der Waals surface area contributed by atoms with Crippen molar-refractivity contribution in [3.05, 3.63) is 0 Å². The molecule has 0 aromatic rings. The summed E-state index contributed by atoms with van der Waals surface area (Å²) in [5, 5.41) is 0. The molecule has 0 spiro atoms. The van der Waals surface area contributed by atoms with Crippen LogP contribution in [0.25, 0.3) is 0 Å². The van der Waals surface area contributed by atoms with E-state index in [1.165, 1.54) is 0 Å². The maximum absolute atomic E-state index is 12.1. The van der Waals surface area contributed by atoms with E-state index in [9.17, 15) is 14.4 Å².